The van der Waals surface area contributed by atoms with Crippen molar-refractivity contribution >= 4 is 17.4 Å². The fraction of sp³-hybridized carbons (Fsp3) is 0.474. The van der Waals surface area contributed by atoms with E-state index in [9.17, 15) is 4.79 Å². The Bertz CT molecular complexity index is 708. The SMILES string of the molecule is CCn1ncc(CN2CCC[C@@H](C(=O)c3ccc(Cl)cc3)C2)c1C. The molecule has 1 aromatic carbocycles. The van der Waals surface area contributed by atoms with Gasteiger partial charge in [0.25, 0.3) is 0 Å². The quantitative estimate of drug-likeness (QED) is 0.770. The van der Waals surface area contributed by atoms with Crippen molar-refractivity contribution in [1.82, 2.24) is 14.7 Å². The van der Waals surface area contributed by atoms with Crippen LogP contribution in [-0.2, 0) is 13.1 Å². The van der Waals surface area contributed by atoms with Crippen LogP contribution in [0.2, 0.25) is 5.02 Å². The Labute approximate surface area is 148 Å². The predicted molar refractivity (Wildman–Crippen MR) is 96.4 cm³/mol. The third kappa shape index (κ3) is 3.70. The highest BCUT2D eigenvalue weighted by molar-refractivity contribution is 6.30. The summed E-state index contributed by atoms with van der Waals surface area (Å²) >= 11 is 5.92. The van der Waals surface area contributed by atoms with Crippen LogP contribution in [0.15, 0.2) is 30.5 Å². The van der Waals surface area contributed by atoms with E-state index < -0.39 is 0 Å². The molecule has 0 saturated carbocycles. The van der Waals surface area contributed by atoms with Crippen LogP contribution in [0.4, 0.5) is 0 Å². The summed E-state index contributed by atoms with van der Waals surface area (Å²) in [5.41, 5.74) is 3.25. The van der Waals surface area contributed by atoms with Crippen LogP contribution in [0.3, 0.4) is 0 Å². The first-order valence-electron chi connectivity index (χ1n) is 8.62. The van der Waals surface area contributed by atoms with E-state index in [0.717, 1.165) is 44.6 Å². The molecule has 5 heteroatoms. The maximum Gasteiger partial charge on any atom is 0.167 e. The topological polar surface area (TPSA) is 38.1 Å². The number of piperidine rings is 1. The Morgan fingerprint density at radius 1 is 1.33 bits per heavy atom. The first kappa shape index (κ1) is 17.2. The zero-order valence-electron chi connectivity index (χ0n) is 14.3. The molecular formula is C19H24ClN3O. The number of hydrogen-bond acceptors (Lipinski definition) is 3. The molecule has 1 saturated heterocycles. The Kier molecular flexibility index (Phi) is 5.36. The number of benzene rings is 1. The number of aryl methyl sites for hydroxylation is 1. The molecule has 24 heavy (non-hydrogen) atoms. The number of rotatable bonds is 5. The summed E-state index contributed by atoms with van der Waals surface area (Å²) in [5.74, 6) is 0.304. The lowest BCUT2D eigenvalue weighted by Crippen LogP contribution is -2.38. The minimum Gasteiger partial charge on any atom is -0.298 e. The molecule has 0 radical (unpaired) electrons. The summed E-state index contributed by atoms with van der Waals surface area (Å²) in [4.78, 5) is 15.1. The van der Waals surface area contributed by atoms with Crippen molar-refractivity contribution in [2.75, 3.05) is 13.1 Å². The van der Waals surface area contributed by atoms with Crippen molar-refractivity contribution in [3.63, 3.8) is 0 Å². The third-order valence-electron chi connectivity index (χ3n) is 4.90. The van der Waals surface area contributed by atoms with Crippen LogP contribution in [0, 0.1) is 12.8 Å². The summed E-state index contributed by atoms with van der Waals surface area (Å²) in [6.07, 6.45) is 3.99. The first-order chi connectivity index (χ1) is 11.6. The molecule has 1 atom stereocenters. The van der Waals surface area contributed by atoms with E-state index in [0.29, 0.717) is 5.02 Å². The second-order valence-electron chi connectivity index (χ2n) is 6.52. The largest absolute Gasteiger partial charge is 0.298 e. The lowest BCUT2D eigenvalue weighted by atomic mass is 9.90. The Balaban J connectivity index is 1.66. The summed E-state index contributed by atoms with van der Waals surface area (Å²) in [5, 5.41) is 5.09. The molecule has 0 spiro atoms. The minimum absolute atomic E-state index is 0.0708. The van der Waals surface area contributed by atoms with Crippen molar-refractivity contribution in [2.24, 2.45) is 5.92 Å². The average Bonchev–Trinajstić information content (AvgIpc) is 2.95. The van der Waals surface area contributed by atoms with Gasteiger partial charge in [-0.25, -0.2) is 0 Å². The highest BCUT2D eigenvalue weighted by atomic mass is 35.5. The smallest absolute Gasteiger partial charge is 0.167 e. The lowest BCUT2D eigenvalue weighted by molar-refractivity contribution is 0.0811. The number of hydrogen-bond donors (Lipinski definition) is 0. The number of likely N-dealkylation sites (tertiary alicyclic amines) is 1. The van der Waals surface area contributed by atoms with Gasteiger partial charge in [-0.1, -0.05) is 11.6 Å². The molecule has 128 valence electrons. The summed E-state index contributed by atoms with van der Waals surface area (Å²) in [6.45, 7) is 7.84. The highest BCUT2D eigenvalue weighted by Crippen LogP contribution is 2.23. The lowest BCUT2D eigenvalue weighted by Gasteiger charge is -2.32. The van der Waals surface area contributed by atoms with Crippen LogP contribution in [-0.4, -0.2) is 33.6 Å². The van der Waals surface area contributed by atoms with Crippen LogP contribution in [0.1, 0.15) is 41.4 Å². The van der Waals surface area contributed by atoms with Crippen molar-refractivity contribution in [3.05, 3.63) is 52.3 Å². The van der Waals surface area contributed by atoms with E-state index in [4.69, 9.17) is 11.6 Å². The van der Waals surface area contributed by atoms with E-state index in [2.05, 4.69) is 23.8 Å². The maximum atomic E-state index is 12.7. The molecule has 1 aliphatic rings. The zero-order chi connectivity index (χ0) is 17.1. The van der Waals surface area contributed by atoms with E-state index in [1.807, 2.05) is 23.0 Å². The monoisotopic (exact) mass is 345 g/mol. The molecule has 2 heterocycles. The van der Waals surface area contributed by atoms with Crippen LogP contribution < -0.4 is 0 Å². The molecule has 2 aromatic rings. The number of carbonyl (C=O) groups excluding carboxylic acids is 1. The fourth-order valence-corrected chi connectivity index (χ4v) is 3.59. The first-order valence-corrected chi connectivity index (χ1v) is 8.99. The summed E-state index contributed by atoms with van der Waals surface area (Å²) < 4.78 is 2.02. The Morgan fingerprint density at radius 3 is 2.75 bits per heavy atom. The van der Waals surface area contributed by atoms with Gasteiger partial charge in [0.15, 0.2) is 5.78 Å². The fourth-order valence-electron chi connectivity index (χ4n) is 3.46. The number of nitrogens with zero attached hydrogens (tertiary/aromatic N) is 3. The molecule has 0 bridgehead atoms. The molecule has 1 aliphatic heterocycles. The van der Waals surface area contributed by atoms with Crippen LogP contribution in [0.25, 0.3) is 0 Å². The minimum atomic E-state index is 0.0708. The standard InChI is InChI=1S/C19H24ClN3O/c1-3-23-14(2)17(11-21-23)13-22-10-4-5-16(12-22)19(24)15-6-8-18(20)9-7-15/h6-9,11,16H,3-5,10,12-13H2,1-2H3/t16-/m1/s1. The number of halogens is 1. The zero-order valence-corrected chi connectivity index (χ0v) is 15.1. The van der Waals surface area contributed by atoms with Gasteiger partial charge in [-0.2, -0.15) is 5.10 Å². The van der Waals surface area contributed by atoms with Crippen molar-refractivity contribution in [3.8, 4) is 0 Å². The van der Waals surface area contributed by atoms with E-state index in [-0.39, 0.29) is 11.7 Å². The maximum absolute atomic E-state index is 12.7. The van der Waals surface area contributed by atoms with Gasteiger partial charge < -0.3 is 0 Å². The summed E-state index contributed by atoms with van der Waals surface area (Å²) in [7, 11) is 0. The molecule has 1 aromatic heterocycles. The average molecular weight is 346 g/mol. The van der Waals surface area contributed by atoms with Gasteiger partial charge in [0.2, 0.25) is 0 Å². The molecule has 0 N–H and O–H groups in total. The van der Waals surface area contributed by atoms with Gasteiger partial charge in [-0.05, 0) is 57.5 Å². The van der Waals surface area contributed by atoms with E-state index in [1.54, 1.807) is 12.1 Å². The Morgan fingerprint density at radius 2 is 2.08 bits per heavy atom. The normalized spacial score (nSPS) is 18.7. The molecule has 3 rings (SSSR count). The molecule has 0 amide bonds. The van der Waals surface area contributed by atoms with Gasteiger partial charge in [-0.3, -0.25) is 14.4 Å². The van der Waals surface area contributed by atoms with Gasteiger partial charge in [0.05, 0.1) is 6.20 Å². The van der Waals surface area contributed by atoms with Crippen LogP contribution >= 0.6 is 11.6 Å². The third-order valence-corrected chi connectivity index (χ3v) is 5.16. The number of ketones is 1. The second kappa shape index (κ2) is 7.49. The van der Waals surface area contributed by atoms with Gasteiger partial charge >= 0.3 is 0 Å². The van der Waals surface area contributed by atoms with Gasteiger partial charge in [0.1, 0.15) is 0 Å². The van der Waals surface area contributed by atoms with E-state index in [1.165, 1.54) is 11.3 Å². The number of Topliss-reactive ketones (excluding diaryl/α,β-unsaturated/α-hetero) is 1. The molecular weight excluding hydrogens is 322 g/mol. The molecule has 4 nitrogen and oxygen atoms in total. The van der Waals surface area contributed by atoms with Crippen molar-refractivity contribution in [2.45, 2.75) is 39.8 Å². The van der Waals surface area contributed by atoms with Gasteiger partial charge in [-0.15, -0.1) is 0 Å². The van der Waals surface area contributed by atoms with Gasteiger partial charge in [0, 0.05) is 47.4 Å². The van der Waals surface area contributed by atoms with Crippen LogP contribution in [0.5, 0.6) is 0 Å². The van der Waals surface area contributed by atoms with Crippen molar-refractivity contribution < 1.29 is 4.79 Å². The summed E-state index contributed by atoms with van der Waals surface area (Å²) in [6, 6.07) is 7.24. The van der Waals surface area contributed by atoms with Crippen molar-refractivity contribution in [1.29, 1.82) is 0 Å². The molecule has 1 fully saturated rings. The number of carbonyl (C=O) groups is 1. The highest BCUT2D eigenvalue weighted by Gasteiger charge is 2.27. The second-order valence-corrected chi connectivity index (χ2v) is 6.95. The predicted octanol–water partition coefficient (Wildman–Crippen LogP) is 3.96. The molecule has 0 aliphatic carbocycles. The number of aromatic nitrogens is 2. The Hall–Kier alpha value is -1.65. The van der Waals surface area contributed by atoms with E-state index >= 15 is 0 Å². The molecule has 0 unspecified atom stereocenters.